The normalized spacial score (nSPS) is 25.7. The molecule has 1 aliphatic rings. The highest BCUT2D eigenvalue weighted by molar-refractivity contribution is 5.84. The fourth-order valence-electron chi connectivity index (χ4n) is 3.16. The van der Waals surface area contributed by atoms with Crippen LogP contribution in [0, 0.1) is 5.92 Å². The summed E-state index contributed by atoms with van der Waals surface area (Å²) in [6, 6.07) is 6.42. The number of aryl methyl sites for hydroxylation is 2. The second kappa shape index (κ2) is 4.22. The Hall–Kier alpha value is -1.57. The Balaban J connectivity index is 2.13. The topological polar surface area (TPSA) is 30.2 Å². The predicted octanol–water partition coefficient (Wildman–Crippen LogP) is 4.03. The average molecular weight is 256 g/mol. The molecule has 0 aliphatic heterocycles. The standard InChI is InChI=1S/C17H20O2/c1-4-13-14-8-11(17(3)9-12(17)10-18)6-7-16(14)19-15(13)5-2/h6-8,10,12H,4-5,9H2,1-3H3. The predicted molar refractivity (Wildman–Crippen MR) is 76.5 cm³/mol. The van der Waals surface area contributed by atoms with Crippen LogP contribution >= 0.6 is 0 Å². The molecule has 0 saturated heterocycles. The fraction of sp³-hybridized carbons (Fsp3) is 0.471. The lowest BCUT2D eigenvalue weighted by Crippen LogP contribution is -2.04. The van der Waals surface area contributed by atoms with E-state index in [2.05, 4.69) is 39.0 Å². The smallest absolute Gasteiger partial charge is 0.134 e. The quantitative estimate of drug-likeness (QED) is 0.773. The average Bonchev–Trinajstić information content (AvgIpc) is 2.98. The van der Waals surface area contributed by atoms with Gasteiger partial charge in [0.1, 0.15) is 17.6 Å². The molecular weight excluding hydrogens is 236 g/mol. The van der Waals surface area contributed by atoms with Crippen molar-refractivity contribution in [3.05, 3.63) is 35.1 Å². The van der Waals surface area contributed by atoms with Crippen molar-refractivity contribution in [1.82, 2.24) is 0 Å². The lowest BCUT2D eigenvalue weighted by Gasteiger charge is -2.09. The maximum absolute atomic E-state index is 11.0. The van der Waals surface area contributed by atoms with E-state index in [1.54, 1.807) is 0 Å². The molecule has 0 N–H and O–H groups in total. The molecule has 2 aromatic rings. The van der Waals surface area contributed by atoms with E-state index in [0.717, 1.165) is 36.9 Å². The molecule has 2 nitrogen and oxygen atoms in total. The van der Waals surface area contributed by atoms with Crippen LogP contribution in [0.2, 0.25) is 0 Å². The van der Waals surface area contributed by atoms with Crippen LogP contribution in [0.4, 0.5) is 0 Å². The number of carbonyl (C=O) groups excluding carboxylic acids is 1. The van der Waals surface area contributed by atoms with Crippen LogP contribution < -0.4 is 0 Å². The van der Waals surface area contributed by atoms with Crippen LogP contribution in [0.1, 0.15) is 44.1 Å². The maximum Gasteiger partial charge on any atom is 0.134 e. The van der Waals surface area contributed by atoms with Gasteiger partial charge in [-0.2, -0.15) is 0 Å². The lowest BCUT2D eigenvalue weighted by molar-refractivity contribution is -0.109. The van der Waals surface area contributed by atoms with Crippen LogP contribution in [0.15, 0.2) is 22.6 Å². The number of fused-ring (bicyclic) bond motifs is 1. The number of rotatable bonds is 4. The number of hydrogen-bond acceptors (Lipinski definition) is 2. The van der Waals surface area contributed by atoms with E-state index in [1.165, 1.54) is 16.5 Å². The monoisotopic (exact) mass is 256 g/mol. The molecule has 1 saturated carbocycles. The first-order valence-corrected chi connectivity index (χ1v) is 7.14. The molecule has 3 rings (SSSR count). The Morgan fingerprint density at radius 3 is 2.74 bits per heavy atom. The van der Waals surface area contributed by atoms with E-state index in [4.69, 9.17) is 4.42 Å². The number of benzene rings is 1. The summed E-state index contributed by atoms with van der Waals surface area (Å²) in [6.45, 7) is 6.48. The third kappa shape index (κ3) is 1.73. The zero-order chi connectivity index (χ0) is 13.6. The van der Waals surface area contributed by atoms with Crippen LogP contribution in [0.25, 0.3) is 11.0 Å². The first-order valence-electron chi connectivity index (χ1n) is 7.14. The highest BCUT2D eigenvalue weighted by atomic mass is 16.3. The van der Waals surface area contributed by atoms with Crippen LogP contribution in [0.3, 0.4) is 0 Å². The highest BCUT2D eigenvalue weighted by Gasteiger charge is 2.51. The van der Waals surface area contributed by atoms with Gasteiger partial charge in [0, 0.05) is 28.7 Å². The summed E-state index contributed by atoms with van der Waals surface area (Å²) in [5.74, 6) is 1.29. The summed E-state index contributed by atoms with van der Waals surface area (Å²) < 4.78 is 5.91. The van der Waals surface area contributed by atoms with Gasteiger partial charge in [0.05, 0.1) is 0 Å². The lowest BCUT2D eigenvalue weighted by atomic mass is 9.93. The summed E-state index contributed by atoms with van der Waals surface area (Å²) >= 11 is 0. The van der Waals surface area contributed by atoms with Gasteiger partial charge in [-0.3, -0.25) is 0 Å². The van der Waals surface area contributed by atoms with E-state index < -0.39 is 0 Å². The van der Waals surface area contributed by atoms with Crippen molar-refractivity contribution in [3.63, 3.8) is 0 Å². The van der Waals surface area contributed by atoms with Crippen LogP contribution in [-0.4, -0.2) is 6.29 Å². The van der Waals surface area contributed by atoms with E-state index in [9.17, 15) is 4.79 Å². The molecule has 19 heavy (non-hydrogen) atoms. The van der Waals surface area contributed by atoms with Gasteiger partial charge in [-0.1, -0.05) is 26.8 Å². The third-order valence-electron chi connectivity index (χ3n) is 4.68. The van der Waals surface area contributed by atoms with E-state index in [1.807, 2.05) is 0 Å². The molecule has 0 bridgehead atoms. The van der Waals surface area contributed by atoms with Gasteiger partial charge in [0.25, 0.3) is 0 Å². The summed E-state index contributed by atoms with van der Waals surface area (Å²) in [5, 5.41) is 1.23. The molecule has 1 aromatic heterocycles. The number of hydrogen-bond donors (Lipinski definition) is 0. The maximum atomic E-state index is 11.0. The SMILES string of the molecule is CCc1oc2ccc(C3(C)CC3C=O)cc2c1CC. The molecule has 1 fully saturated rings. The second-order valence-electron chi connectivity index (χ2n) is 5.79. The number of carbonyl (C=O) groups is 1. The van der Waals surface area contributed by atoms with Crippen LogP contribution in [-0.2, 0) is 23.1 Å². The summed E-state index contributed by atoms with van der Waals surface area (Å²) in [4.78, 5) is 11.0. The van der Waals surface area contributed by atoms with E-state index in [0.29, 0.717) is 0 Å². The van der Waals surface area contributed by atoms with Crippen molar-refractivity contribution in [2.24, 2.45) is 5.92 Å². The first-order chi connectivity index (χ1) is 9.13. The molecule has 2 unspecified atom stereocenters. The molecule has 0 spiro atoms. The Morgan fingerprint density at radius 1 is 1.37 bits per heavy atom. The summed E-state index contributed by atoms with van der Waals surface area (Å²) in [5.41, 5.74) is 3.62. The van der Waals surface area contributed by atoms with Gasteiger partial charge >= 0.3 is 0 Å². The summed E-state index contributed by atoms with van der Waals surface area (Å²) in [6.07, 6.45) is 3.99. The van der Waals surface area contributed by atoms with Crippen LogP contribution in [0.5, 0.6) is 0 Å². The highest BCUT2D eigenvalue weighted by Crippen LogP contribution is 2.53. The molecule has 1 aromatic carbocycles. The van der Waals surface area contributed by atoms with Gasteiger partial charge in [-0.25, -0.2) is 0 Å². The summed E-state index contributed by atoms with van der Waals surface area (Å²) in [7, 11) is 0. The minimum absolute atomic E-state index is 0.0462. The fourth-order valence-corrected chi connectivity index (χ4v) is 3.16. The zero-order valence-electron chi connectivity index (χ0n) is 11.8. The Kier molecular flexibility index (Phi) is 2.77. The van der Waals surface area contributed by atoms with Gasteiger partial charge in [0.15, 0.2) is 0 Å². The zero-order valence-corrected chi connectivity index (χ0v) is 11.8. The number of furan rings is 1. The van der Waals surface area contributed by atoms with Gasteiger partial charge in [-0.05, 0) is 30.5 Å². The Morgan fingerprint density at radius 2 is 2.16 bits per heavy atom. The minimum Gasteiger partial charge on any atom is -0.461 e. The van der Waals surface area contributed by atoms with Crippen molar-refractivity contribution in [2.75, 3.05) is 0 Å². The van der Waals surface area contributed by atoms with E-state index >= 15 is 0 Å². The Bertz CT molecular complexity index is 638. The van der Waals surface area contributed by atoms with Crippen molar-refractivity contribution < 1.29 is 9.21 Å². The molecule has 0 amide bonds. The third-order valence-corrected chi connectivity index (χ3v) is 4.68. The minimum atomic E-state index is 0.0462. The van der Waals surface area contributed by atoms with Crippen molar-refractivity contribution in [2.45, 2.75) is 45.4 Å². The first kappa shape index (κ1) is 12.5. The molecule has 0 radical (unpaired) electrons. The van der Waals surface area contributed by atoms with Crippen molar-refractivity contribution in [1.29, 1.82) is 0 Å². The van der Waals surface area contributed by atoms with Gasteiger partial charge < -0.3 is 9.21 Å². The molecular formula is C17H20O2. The Labute approximate surface area is 113 Å². The van der Waals surface area contributed by atoms with Gasteiger partial charge in [-0.15, -0.1) is 0 Å². The van der Waals surface area contributed by atoms with Gasteiger partial charge in [0.2, 0.25) is 0 Å². The second-order valence-corrected chi connectivity index (χ2v) is 5.79. The molecule has 2 atom stereocenters. The molecule has 1 aliphatic carbocycles. The molecule has 1 heterocycles. The largest absolute Gasteiger partial charge is 0.461 e. The molecule has 2 heteroatoms. The molecule has 100 valence electrons. The number of aldehydes is 1. The van der Waals surface area contributed by atoms with E-state index in [-0.39, 0.29) is 11.3 Å². The van der Waals surface area contributed by atoms with Crippen molar-refractivity contribution >= 4 is 17.3 Å². The van der Waals surface area contributed by atoms with Crippen molar-refractivity contribution in [3.8, 4) is 0 Å².